The third-order valence-electron chi connectivity index (χ3n) is 11.1. The summed E-state index contributed by atoms with van der Waals surface area (Å²) >= 11 is 0. The van der Waals surface area contributed by atoms with Crippen molar-refractivity contribution in [1.29, 1.82) is 0 Å². The van der Waals surface area contributed by atoms with Crippen molar-refractivity contribution in [3.8, 4) is 78.5 Å². The molecule has 2 aromatic heterocycles. The molecule has 0 N–H and O–H groups in total. The van der Waals surface area contributed by atoms with E-state index in [4.69, 9.17) is 15.0 Å². The zero-order valence-electron chi connectivity index (χ0n) is 30.7. The number of nitrogens with zero attached hydrogens (tertiary/aromatic N) is 3. The number of rotatable bonds is 6. The molecule has 0 radical (unpaired) electrons. The van der Waals surface area contributed by atoms with Crippen LogP contribution in [0.25, 0.3) is 89.4 Å². The Morgan fingerprint density at radius 2 is 0.836 bits per heavy atom. The number of hydrogen-bond acceptors (Lipinski definition) is 3. The van der Waals surface area contributed by atoms with Crippen LogP contribution >= 0.6 is 0 Å². The van der Waals surface area contributed by atoms with Crippen LogP contribution in [0.1, 0.15) is 25.0 Å². The molecule has 0 aliphatic heterocycles. The lowest BCUT2D eigenvalue weighted by Gasteiger charge is -2.22. The van der Waals surface area contributed by atoms with Gasteiger partial charge in [-0.3, -0.25) is 0 Å². The molecule has 55 heavy (non-hydrogen) atoms. The number of hydrogen-bond donors (Lipinski definition) is 0. The van der Waals surface area contributed by atoms with Crippen molar-refractivity contribution >= 4 is 10.9 Å². The van der Waals surface area contributed by atoms with Gasteiger partial charge in [-0.15, -0.1) is 0 Å². The van der Waals surface area contributed by atoms with E-state index >= 15 is 0 Å². The average Bonchev–Trinajstić information content (AvgIpc) is 3.48. The van der Waals surface area contributed by atoms with Crippen LogP contribution in [0.2, 0.25) is 0 Å². The Hall–Kier alpha value is -6.97. The second-order valence-electron chi connectivity index (χ2n) is 14.9. The van der Waals surface area contributed by atoms with E-state index in [-0.39, 0.29) is 5.41 Å². The van der Waals surface area contributed by atoms with E-state index in [2.05, 4.69) is 166 Å². The van der Waals surface area contributed by atoms with Crippen LogP contribution in [0.3, 0.4) is 0 Å². The Kier molecular flexibility index (Phi) is 7.81. The molecule has 10 rings (SSSR count). The third-order valence-corrected chi connectivity index (χ3v) is 11.1. The van der Waals surface area contributed by atoms with Crippen LogP contribution in [-0.4, -0.2) is 15.0 Å². The maximum Gasteiger partial charge on any atom is 0.160 e. The summed E-state index contributed by atoms with van der Waals surface area (Å²) in [5, 5.41) is 1.16. The monoisotopic (exact) mass is 703 g/mol. The first-order valence-corrected chi connectivity index (χ1v) is 18.9. The summed E-state index contributed by atoms with van der Waals surface area (Å²) in [5.41, 5.74) is 17.7. The molecule has 0 bridgehead atoms. The molecule has 1 aliphatic carbocycles. The smallest absolute Gasteiger partial charge is 0.160 e. The zero-order chi connectivity index (χ0) is 36.9. The lowest BCUT2D eigenvalue weighted by atomic mass is 9.82. The van der Waals surface area contributed by atoms with Crippen LogP contribution in [0, 0.1) is 0 Å². The largest absolute Gasteiger partial charge is 0.248 e. The highest BCUT2D eigenvalue weighted by Crippen LogP contribution is 2.50. The molecular weight excluding hydrogens is 667 g/mol. The predicted molar refractivity (Wildman–Crippen MR) is 228 cm³/mol. The van der Waals surface area contributed by atoms with Crippen LogP contribution in [0.5, 0.6) is 0 Å². The average molecular weight is 704 g/mol. The predicted octanol–water partition coefficient (Wildman–Crippen LogP) is 13.3. The van der Waals surface area contributed by atoms with Gasteiger partial charge in [-0.05, 0) is 80.9 Å². The Labute approximate surface area is 321 Å². The minimum Gasteiger partial charge on any atom is -0.248 e. The fraction of sp³-hybridized carbons (Fsp3) is 0.0577. The van der Waals surface area contributed by atoms with Crippen molar-refractivity contribution in [2.75, 3.05) is 0 Å². The van der Waals surface area contributed by atoms with Crippen LogP contribution in [-0.2, 0) is 5.41 Å². The van der Waals surface area contributed by atoms with E-state index < -0.39 is 0 Å². The van der Waals surface area contributed by atoms with E-state index in [0.29, 0.717) is 5.82 Å². The molecule has 9 aromatic rings. The molecule has 7 aromatic carbocycles. The molecule has 0 unspecified atom stereocenters. The highest BCUT2D eigenvalue weighted by Gasteiger charge is 2.35. The summed E-state index contributed by atoms with van der Waals surface area (Å²) in [4.78, 5) is 15.6. The Morgan fingerprint density at radius 3 is 1.49 bits per heavy atom. The van der Waals surface area contributed by atoms with E-state index in [1.807, 2.05) is 36.4 Å². The van der Waals surface area contributed by atoms with Gasteiger partial charge in [-0.1, -0.05) is 166 Å². The van der Waals surface area contributed by atoms with Crippen molar-refractivity contribution in [3.05, 3.63) is 199 Å². The Balaban J connectivity index is 1.09. The van der Waals surface area contributed by atoms with Crippen molar-refractivity contribution in [2.45, 2.75) is 19.3 Å². The number of aromatic nitrogens is 3. The third kappa shape index (κ3) is 5.82. The van der Waals surface area contributed by atoms with Gasteiger partial charge in [0.25, 0.3) is 0 Å². The van der Waals surface area contributed by atoms with Crippen LogP contribution < -0.4 is 0 Å². The number of fused-ring (bicyclic) bond motifs is 4. The van der Waals surface area contributed by atoms with Crippen molar-refractivity contribution in [2.24, 2.45) is 0 Å². The van der Waals surface area contributed by atoms with Gasteiger partial charge in [0.1, 0.15) is 0 Å². The van der Waals surface area contributed by atoms with Crippen molar-refractivity contribution < 1.29 is 0 Å². The van der Waals surface area contributed by atoms with Gasteiger partial charge in [0, 0.05) is 33.1 Å². The number of pyridine rings is 1. The summed E-state index contributed by atoms with van der Waals surface area (Å²) in [5.74, 6) is 0.694. The molecule has 0 fully saturated rings. The van der Waals surface area contributed by atoms with Gasteiger partial charge in [-0.25, -0.2) is 15.0 Å². The van der Waals surface area contributed by atoms with Gasteiger partial charge in [0.2, 0.25) is 0 Å². The molecular formula is C52H37N3. The van der Waals surface area contributed by atoms with Gasteiger partial charge < -0.3 is 0 Å². The SMILES string of the molecule is CC1(C)c2ccccc2-c2cc3c(-c4ccccc4)cc(-c4cccc(-c5cccc(-c6nc(-c7ccccc7)cc(-c7ccccc7)n6)c5)c4)nc3cc21. The van der Waals surface area contributed by atoms with Crippen LogP contribution in [0.15, 0.2) is 188 Å². The van der Waals surface area contributed by atoms with Gasteiger partial charge in [0.05, 0.1) is 22.6 Å². The van der Waals surface area contributed by atoms with E-state index in [0.717, 1.165) is 61.4 Å². The summed E-state index contributed by atoms with van der Waals surface area (Å²) in [7, 11) is 0. The molecule has 0 atom stereocenters. The standard InChI is InChI=1S/C52H37N3/c1-52(2)45-27-13-12-26-41(45)43-30-44-42(34-16-6-3-7-17-34)31-47(53-50(44)32-46(43)52)39-24-14-22-37(28-39)38-23-15-25-40(29-38)51-54-48(35-18-8-4-9-19-35)33-49(55-51)36-20-10-5-11-21-36/h3-33H,1-2H3. The van der Waals surface area contributed by atoms with Crippen molar-refractivity contribution in [1.82, 2.24) is 15.0 Å². The normalized spacial score (nSPS) is 12.7. The van der Waals surface area contributed by atoms with Crippen LogP contribution in [0.4, 0.5) is 0 Å². The molecule has 0 saturated carbocycles. The van der Waals surface area contributed by atoms with E-state index in [9.17, 15) is 0 Å². The summed E-state index contributed by atoms with van der Waals surface area (Å²) in [6.07, 6.45) is 0. The minimum atomic E-state index is -0.109. The molecule has 1 aliphatic rings. The second-order valence-corrected chi connectivity index (χ2v) is 14.9. The maximum atomic E-state index is 5.39. The van der Waals surface area contributed by atoms with E-state index in [1.54, 1.807) is 0 Å². The molecule has 3 heteroatoms. The fourth-order valence-electron chi connectivity index (χ4n) is 8.21. The second kappa shape index (κ2) is 13.2. The molecule has 3 nitrogen and oxygen atoms in total. The minimum absolute atomic E-state index is 0.109. The Morgan fingerprint density at radius 1 is 0.327 bits per heavy atom. The zero-order valence-corrected chi connectivity index (χ0v) is 30.7. The topological polar surface area (TPSA) is 38.7 Å². The summed E-state index contributed by atoms with van der Waals surface area (Å²) in [6, 6.07) is 66.5. The fourth-order valence-corrected chi connectivity index (χ4v) is 8.21. The Bertz CT molecular complexity index is 2820. The first-order chi connectivity index (χ1) is 27.0. The lowest BCUT2D eigenvalue weighted by Crippen LogP contribution is -2.14. The van der Waals surface area contributed by atoms with Gasteiger partial charge >= 0.3 is 0 Å². The quantitative estimate of drug-likeness (QED) is 0.173. The maximum absolute atomic E-state index is 5.39. The molecule has 2 heterocycles. The summed E-state index contributed by atoms with van der Waals surface area (Å²) < 4.78 is 0. The molecule has 0 spiro atoms. The van der Waals surface area contributed by atoms with Gasteiger partial charge in [-0.2, -0.15) is 0 Å². The highest BCUT2D eigenvalue weighted by molar-refractivity contribution is 6.01. The van der Waals surface area contributed by atoms with Crippen molar-refractivity contribution in [3.63, 3.8) is 0 Å². The first kappa shape index (κ1) is 32.7. The van der Waals surface area contributed by atoms with E-state index in [1.165, 1.54) is 33.4 Å². The lowest BCUT2D eigenvalue weighted by molar-refractivity contribution is 0.661. The number of benzene rings is 7. The van der Waals surface area contributed by atoms with Gasteiger partial charge in [0.15, 0.2) is 5.82 Å². The first-order valence-electron chi connectivity index (χ1n) is 18.9. The molecule has 0 amide bonds. The molecule has 260 valence electrons. The highest BCUT2D eigenvalue weighted by atomic mass is 14.9. The molecule has 0 saturated heterocycles. The summed E-state index contributed by atoms with van der Waals surface area (Å²) in [6.45, 7) is 4.66.